The molecule has 0 amide bonds. The molecule has 1 saturated heterocycles. The highest BCUT2D eigenvalue weighted by Crippen LogP contribution is 2.09. The van der Waals surface area contributed by atoms with E-state index in [1.54, 1.807) is 7.11 Å². The van der Waals surface area contributed by atoms with E-state index in [2.05, 4.69) is 0 Å². The van der Waals surface area contributed by atoms with Gasteiger partial charge in [0.15, 0.2) is 0 Å². The second kappa shape index (κ2) is 9.22. The average Bonchev–Trinajstić information content (AvgIpc) is 2.34. The van der Waals surface area contributed by atoms with Crippen LogP contribution in [0.1, 0.15) is 6.42 Å². The Morgan fingerprint density at radius 3 is 3.00 bits per heavy atom. The first kappa shape index (κ1) is 16.3. The molecule has 2 unspecified atom stereocenters. The Morgan fingerprint density at radius 1 is 1.53 bits per heavy atom. The molecule has 7 heteroatoms. The number of aliphatic hydroxyl groups is 1. The number of aliphatic carboxylic acids is 1. The summed E-state index contributed by atoms with van der Waals surface area (Å²) in [6.45, 7) is 3.40. The number of rotatable bonds is 9. The fraction of sp³-hybridized carbons (Fsp3) is 0.917. The Hall–Kier alpha value is -0.730. The van der Waals surface area contributed by atoms with E-state index in [0.29, 0.717) is 39.5 Å². The van der Waals surface area contributed by atoms with Crippen LogP contribution in [0.3, 0.4) is 0 Å². The molecule has 2 atom stereocenters. The van der Waals surface area contributed by atoms with Gasteiger partial charge in [-0.3, -0.25) is 9.69 Å². The van der Waals surface area contributed by atoms with Crippen molar-refractivity contribution in [3.63, 3.8) is 0 Å². The van der Waals surface area contributed by atoms with E-state index in [1.165, 1.54) is 0 Å². The maximum Gasteiger partial charge on any atom is 0.306 e. The molecular formula is C12H23NO6. The molecule has 1 aliphatic rings. The molecule has 0 aliphatic carbocycles. The molecule has 1 rings (SSSR count). The minimum atomic E-state index is -0.865. The molecule has 0 bridgehead atoms. The number of carboxylic acid groups (broad SMARTS) is 1. The van der Waals surface area contributed by atoms with Crippen molar-refractivity contribution in [3.8, 4) is 0 Å². The van der Waals surface area contributed by atoms with Crippen LogP contribution >= 0.6 is 0 Å². The van der Waals surface area contributed by atoms with Gasteiger partial charge in [-0.25, -0.2) is 0 Å². The third-order valence-corrected chi connectivity index (χ3v) is 2.84. The Labute approximate surface area is 113 Å². The summed E-state index contributed by atoms with van der Waals surface area (Å²) >= 11 is 0. The topological polar surface area (TPSA) is 88.5 Å². The second-order valence-corrected chi connectivity index (χ2v) is 4.57. The molecule has 1 aliphatic heterocycles. The molecule has 0 aromatic heterocycles. The Bertz CT molecular complexity index is 263. The summed E-state index contributed by atoms with van der Waals surface area (Å²) in [5.41, 5.74) is 0. The fourth-order valence-electron chi connectivity index (χ4n) is 1.98. The number of hydrogen-bond donors (Lipinski definition) is 2. The zero-order chi connectivity index (χ0) is 14.1. The summed E-state index contributed by atoms with van der Waals surface area (Å²) in [5, 5.41) is 18.5. The lowest BCUT2D eigenvalue weighted by molar-refractivity contribution is -0.142. The molecule has 0 radical (unpaired) electrons. The maximum absolute atomic E-state index is 10.6. The number of hydrogen-bond acceptors (Lipinski definition) is 6. The fourth-order valence-corrected chi connectivity index (χ4v) is 1.98. The van der Waals surface area contributed by atoms with Gasteiger partial charge in [0, 0.05) is 26.7 Å². The third kappa shape index (κ3) is 7.44. The van der Waals surface area contributed by atoms with Crippen molar-refractivity contribution in [2.45, 2.75) is 18.6 Å². The van der Waals surface area contributed by atoms with Crippen LogP contribution in [-0.4, -0.2) is 86.5 Å². The van der Waals surface area contributed by atoms with E-state index in [1.807, 2.05) is 4.90 Å². The number of methoxy groups -OCH3 is 1. The van der Waals surface area contributed by atoms with Crippen LogP contribution in [0.2, 0.25) is 0 Å². The number of carbonyl (C=O) groups is 1. The highest BCUT2D eigenvalue weighted by atomic mass is 16.5. The smallest absolute Gasteiger partial charge is 0.306 e. The summed E-state index contributed by atoms with van der Waals surface area (Å²) in [6.07, 6.45) is -0.884. The van der Waals surface area contributed by atoms with Crippen molar-refractivity contribution in [3.05, 3.63) is 0 Å². The maximum atomic E-state index is 10.6. The van der Waals surface area contributed by atoms with Crippen LogP contribution in [0.4, 0.5) is 0 Å². The monoisotopic (exact) mass is 277 g/mol. The number of carboxylic acids is 1. The summed E-state index contributed by atoms with van der Waals surface area (Å²) in [4.78, 5) is 12.6. The molecule has 0 aromatic rings. The molecule has 19 heavy (non-hydrogen) atoms. The van der Waals surface area contributed by atoms with Gasteiger partial charge < -0.3 is 24.4 Å². The van der Waals surface area contributed by atoms with Crippen LogP contribution in [-0.2, 0) is 19.0 Å². The molecule has 7 nitrogen and oxygen atoms in total. The second-order valence-electron chi connectivity index (χ2n) is 4.57. The number of aliphatic hydroxyl groups excluding tert-OH is 1. The van der Waals surface area contributed by atoms with Crippen LogP contribution in [0.25, 0.3) is 0 Å². The van der Waals surface area contributed by atoms with Crippen LogP contribution < -0.4 is 0 Å². The highest BCUT2D eigenvalue weighted by Gasteiger charge is 2.24. The predicted molar refractivity (Wildman–Crippen MR) is 67.1 cm³/mol. The summed E-state index contributed by atoms with van der Waals surface area (Å²) in [7, 11) is 1.59. The van der Waals surface area contributed by atoms with Gasteiger partial charge >= 0.3 is 5.97 Å². The Morgan fingerprint density at radius 2 is 2.32 bits per heavy atom. The Kier molecular flexibility index (Phi) is 7.92. The van der Waals surface area contributed by atoms with Crippen LogP contribution in [0.15, 0.2) is 0 Å². The van der Waals surface area contributed by atoms with E-state index in [4.69, 9.17) is 19.3 Å². The number of nitrogens with zero attached hydrogens (tertiary/aromatic N) is 1. The van der Waals surface area contributed by atoms with Gasteiger partial charge in [-0.2, -0.15) is 0 Å². The van der Waals surface area contributed by atoms with Gasteiger partial charge in [0.25, 0.3) is 0 Å². The van der Waals surface area contributed by atoms with Gasteiger partial charge in [-0.15, -0.1) is 0 Å². The van der Waals surface area contributed by atoms with Gasteiger partial charge in [0.2, 0.25) is 0 Å². The lowest BCUT2D eigenvalue weighted by atomic mass is 10.2. The number of ether oxygens (including phenoxy) is 3. The van der Waals surface area contributed by atoms with Gasteiger partial charge in [0.1, 0.15) is 0 Å². The zero-order valence-electron chi connectivity index (χ0n) is 11.3. The average molecular weight is 277 g/mol. The quantitative estimate of drug-likeness (QED) is 0.533. The Balaban J connectivity index is 2.18. The normalized spacial score (nSPS) is 22.3. The van der Waals surface area contributed by atoms with E-state index >= 15 is 0 Å². The highest BCUT2D eigenvalue weighted by molar-refractivity contribution is 5.67. The molecular weight excluding hydrogens is 254 g/mol. The molecule has 1 fully saturated rings. The first-order valence-corrected chi connectivity index (χ1v) is 6.42. The lowest BCUT2D eigenvalue weighted by Gasteiger charge is -2.33. The zero-order valence-corrected chi connectivity index (χ0v) is 11.3. The lowest BCUT2D eigenvalue weighted by Crippen LogP contribution is -2.46. The number of morpholine rings is 1. The standard InChI is InChI=1S/C12H23NO6/c1-17-4-5-18-9-10(14)7-13-2-3-19-11(8-13)6-12(15)16/h10-11,14H,2-9H2,1H3,(H,15,16). The number of β-amino-alcohol motifs (C(OH)–C–C–N with tert-alkyl or cyclic N) is 1. The van der Waals surface area contributed by atoms with E-state index in [0.717, 1.165) is 0 Å². The molecule has 0 aromatic carbocycles. The molecule has 2 N–H and O–H groups in total. The van der Waals surface area contributed by atoms with Crippen molar-refractivity contribution in [1.29, 1.82) is 0 Å². The van der Waals surface area contributed by atoms with Crippen molar-refractivity contribution in [2.75, 3.05) is 53.2 Å². The van der Waals surface area contributed by atoms with E-state index < -0.39 is 12.1 Å². The van der Waals surface area contributed by atoms with Gasteiger partial charge in [0.05, 0.1) is 45.1 Å². The van der Waals surface area contributed by atoms with E-state index in [-0.39, 0.29) is 19.1 Å². The first-order valence-electron chi connectivity index (χ1n) is 6.42. The molecule has 0 spiro atoms. The van der Waals surface area contributed by atoms with Crippen molar-refractivity contribution < 1.29 is 29.2 Å². The van der Waals surface area contributed by atoms with Crippen LogP contribution in [0, 0.1) is 0 Å². The third-order valence-electron chi connectivity index (χ3n) is 2.84. The molecule has 0 saturated carbocycles. The van der Waals surface area contributed by atoms with Crippen LogP contribution in [0.5, 0.6) is 0 Å². The molecule has 1 heterocycles. The minimum absolute atomic E-state index is 0.00304. The van der Waals surface area contributed by atoms with Gasteiger partial charge in [-0.1, -0.05) is 0 Å². The minimum Gasteiger partial charge on any atom is -0.481 e. The van der Waals surface area contributed by atoms with Gasteiger partial charge in [-0.05, 0) is 0 Å². The van der Waals surface area contributed by atoms with Crippen molar-refractivity contribution in [1.82, 2.24) is 4.90 Å². The van der Waals surface area contributed by atoms with Crippen molar-refractivity contribution >= 4 is 5.97 Å². The molecule has 112 valence electrons. The largest absolute Gasteiger partial charge is 0.481 e. The SMILES string of the molecule is COCCOCC(O)CN1CCOC(CC(=O)O)C1. The summed E-state index contributed by atoms with van der Waals surface area (Å²) in [5.74, 6) is -0.865. The summed E-state index contributed by atoms with van der Waals surface area (Å²) in [6, 6.07) is 0. The summed E-state index contributed by atoms with van der Waals surface area (Å²) < 4.78 is 15.4. The predicted octanol–water partition coefficient (Wildman–Crippen LogP) is -0.814. The van der Waals surface area contributed by atoms with Crippen molar-refractivity contribution in [2.24, 2.45) is 0 Å². The van der Waals surface area contributed by atoms with E-state index in [9.17, 15) is 9.90 Å². The first-order chi connectivity index (χ1) is 9.11.